The lowest BCUT2D eigenvalue weighted by Gasteiger charge is -2.20. The van der Waals surface area contributed by atoms with Crippen molar-refractivity contribution >= 4 is 6.03 Å². The standard InChI is InChI=1S/C16H22F3N3O2/c1-11(13-5-3-4-6-14(13)24-2)20-15(23)21-12-7-8-22(9-12)10-16(17,18)19/h3-6,11-12H,7-10H2,1-2H3,(H2,20,21,23). The Morgan fingerprint density at radius 3 is 2.79 bits per heavy atom. The van der Waals surface area contributed by atoms with Crippen molar-refractivity contribution in [3.63, 3.8) is 0 Å². The molecule has 1 fully saturated rings. The summed E-state index contributed by atoms with van der Waals surface area (Å²) in [5, 5.41) is 5.52. The summed E-state index contributed by atoms with van der Waals surface area (Å²) in [6.07, 6.45) is -3.71. The minimum atomic E-state index is -4.21. The number of nitrogens with one attached hydrogen (secondary N) is 2. The van der Waals surface area contributed by atoms with E-state index in [9.17, 15) is 18.0 Å². The molecule has 2 amide bonds. The van der Waals surface area contributed by atoms with E-state index in [-0.39, 0.29) is 18.6 Å². The molecule has 2 unspecified atom stereocenters. The van der Waals surface area contributed by atoms with Gasteiger partial charge < -0.3 is 15.4 Å². The smallest absolute Gasteiger partial charge is 0.401 e. The second kappa shape index (κ2) is 7.74. The number of carbonyl (C=O) groups excluding carboxylic acids is 1. The largest absolute Gasteiger partial charge is 0.496 e. The van der Waals surface area contributed by atoms with Gasteiger partial charge in [-0.25, -0.2) is 4.79 Å². The number of rotatable bonds is 5. The first-order chi connectivity index (χ1) is 11.3. The second-order valence-electron chi connectivity index (χ2n) is 5.92. The molecule has 8 heteroatoms. The topological polar surface area (TPSA) is 53.6 Å². The van der Waals surface area contributed by atoms with Crippen LogP contribution in [0.1, 0.15) is 24.9 Å². The van der Waals surface area contributed by atoms with E-state index in [4.69, 9.17) is 4.74 Å². The highest BCUT2D eigenvalue weighted by atomic mass is 19.4. The number of nitrogens with zero attached hydrogens (tertiary/aromatic N) is 1. The van der Waals surface area contributed by atoms with E-state index in [2.05, 4.69) is 10.6 Å². The predicted molar refractivity (Wildman–Crippen MR) is 84.0 cm³/mol. The molecule has 0 bridgehead atoms. The lowest BCUT2D eigenvalue weighted by Crippen LogP contribution is -2.44. The van der Waals surface area contributed by atoms with E-state index in [0.717, 1.165) is 5.56 Å². The molecule has 1 heterocycles. The van der Waals surface area contributed by atoms with Crippen LogP contribution in [0, 0.1) is 0 Å². The molecule has 0 spiro atoms. The van der Waals surface area contributed by atoms with E-state index in [1.54, 1.807) is 13.2 Å². The van der Waals surface area contributed by atoms with Crippen molar-refractivity contribution in [2.45, 2.75) is 31.6 Å². The Morgan fingerprint density at radius 2 is 2.12 bits per heavy atom. The number of benzene rings is 1. The van der Waals surface area contributed by atoms with Gasteiger partial charge in [-0.1, -0.05) is 18.2 Å². The van der Waals surface area contributed by atoms with Gasteiger partial charge in [0.25, 0.3) is 0 Å². The Balaban J connectivity index is 1.83. The first-order valence-corrected chi connectivity index (χ1v) is 7.77. The second-order valence-corrected chi connectivity index (χ2v) is 5.92. The van der Waals surface area contributed by atoms with Crippen LogP contribution >= 0.6 is 0 Å². The number of hydrogen-bond donors (Lipinski definition) is 2. The van der Waals surface area contributed by atoms with Crippen LogP contribution in [0.5, 0.6) is 5.75 Å². The molecule has 0 radical (unpaired) electrons. The number of methoxy groups -OCH3 is 1. The van der Waals surface area contributed by atoms with Gasteiger partial charge in [-0.15, -0.1) is 0 Å². The average Bonchev–Trinajstić information content (AvgIpc) is 2.91. The van der Waals surface area contributed by atoms with Crippen LogP contribution in [-0.4, -0.2) is 49.9 Å². The van der Waals surface area contributed by atoms with Gasteiger partial charge in [-0.05, 0) is 19.4 Å². The van der Waals surface area contributed by atoms with Crippen molar-refractivity contribution in [1.29, 1.82) is 0 Å². The maximum absolute atomic E-state index is 12.4. The molecule has 1 aliphatic heterocycles. The van der Waals surface area contributed by atoms with Crippen LogP contribution in [0.15, 0.2) is 24.3 Å². The van der Waals surface area contributed by atoms with Crippen molar-refractivity contribution in [2.75, 3.05) is 26.7 Å². The SMILES string of the molecule is COc1ccccc1C(C)NC(=O)NC1CCN(CC(F)(F)F)C1. The van der Waals surface area contributed by atoms with E-state index in [0.29, 0.717) is 18.7 Å². The van der Waals surface area contributed by atoms with Crippen molar-refractivity contribution in [2.24, 2.45) is 0 Å². The van der Waals surface area contributed by atoms with Crippen LogP contribution in [0.3, 0.4) is 0 Å². The molecule has 0 aliphatic carbocycles. The fourth-order valence-corrected chi connectivity index (χ4v) is 2.87. The van der Waals surface area contributed by atoms with Gasteiger partial charge in [0.1, 0.15) is 5.75 Å². The third-order valence-corrected chi connectivity index (χ3v) is 3.96. The number of likely N-dealkylation sites (tertiary alicyclic amines) is 1. The highest BCUT2D eigenvalue weighted by Crippen LogP contribution is 2.24. The molecule has 0 aromatic heterocycles. The summed E-state index contributed by atoms with van der Waals surface area (Å²) in [6.45, 7) is 1.41. The fourth-order valence-electron chi connectivity index (χ4n) is 2.87. The molecule has 24 heavy (non-hydrogen) atoms. The summed E-state index contributed by atoms with van der Waals surface area (Å²) in [6, 6.07) is 6.38. The lowest BCUT2D eigenvalue weighted by molar-refractivity contribution is -0.143. The monoisotopic (exact) mass is 345 g/mol. The minimum Gasteiger partial charge on any atom is -0.496 e. The zero-order valence-corrected chi connectivity index (χ0v) is 13.7. The molecule has 2 rings (SSSR count). The number of hydrogen-bond acceptors (Lipinski definition) is 3. The highest BCUT2D eigenvalue weighted by molar-refractivity contribution is 5.75. The molecular formula is C16H22F3N3O2. The average molecular weight is 345 g/mol. The molecule has 1 aromatic rings. The number of halogens is 3. The zero-order chi connectivity index (χ0) is 17.7. The summed E-state index contributed by atoms with van der Waals surface area (Å²) in [5.74, 6) is 0.669. The number of amides is 2. The van der Waals surface area contributed by atoms with E-state index in [1.165, 1.54) is 4.90 Å². The third-order valence-electron chi connectivity index (χ3n) is 3.96. The van der Waals surface area contributed by atoms with Gasteiger partial charge in [-0.2, -0.15) is 13.2 Å². The Bertz CT molecular complexity index is 566. The Kier molecular flexibility index (Phi) is 5.93. The molecule has 0 saturated carbocycles. The summed E-state index contributed by atoms with van der Waals surface area (Å²) < 4.78 is 42.4. The number of urea groups is 1. The van der Waals surface area contributed by atoms with Gasteiger partial charge in [-0.3, -0.25) is 4.90 Å². The number of carbonyl (C=O) groups is 1. The first kappa shape index (κ1) is 18.4. The minimum absolute atomic E-state index is 0.204. The molecule has 2 atom stereocenters. The van der Waals surface area contributed by atoms with Crippen LogP contribution in [0.25, 0.3) is 0 Å². The lowest BCUT2D eigenvalue weighted by atomic mass is 10.1. The van der Waals surface area contributed by atoms with Crippen LogP contribution in [0.4, 0.5) is 18.0 Å². The highest BCUT2D eigenvalue weighted by Gasteiger charge is 2.34. The van der Waals surface area contributed by atoms with E-state index >= 15 is 0 Å². The van der Waals surface area contributed by atoms with Crippen LogP contribution in [0.2, 0.25) is 0 Å². The molecule has 2 N–H and O–H groups in total. The summed E-state index contributed by atoms with van der Waals surface area (Å²) in [4.78, 5) is 13.4. The Labute approximate surface area is 139 Å². The summed E-state index contributed by atoms with van der Waals surface area (Å²) in [7, 11) is 1.55. The van der Waals surface area contributed by atoms with Crippen molar-refractivity contribution < 1.29 is 22.7 Å². The van der Waals surface area contributed by atoms with Gasteiger partial charge in [0.15, 0.2) is 0 Å². The van der Waals surface area contributed by atoms with Crippen molar-refractivity contribution in [3.05, 3.63) is 29.8 Å². The quantitative estimate of drug-likeness (QED) is 0.863. The number of alkyl halides is 3. The number of ether oxygens (including phenoxy) is 1. The van der Waals surface area contributed by atoms with Gasteiger partial charge in [0, 0.05) is 24.7 Å². The predicted octanol–water partition coefficient (Wildman–Crippen LogP) is 2.69. The molecule has 134 valence electrons. The molecule has 1 aromatic carbocycles. The van der Waals surface area contributed by atoms with Gasteiger partial charge in [0.05, 0.1) is 19.7 Å². The maximum Gasteiger partial charge on any atom is 0.401 e. The Morgan fingerprint density at radius 1 is 1.42 bits per heavy atom. The summed E-state index contributed by atoms with van der Waals surface area (Å²) in [5.41, 5.74) is 0.834. The van der Waals surface area contributed by atoms with Gasteiger partial charge >= 0.3 is 12.2 Å². The van der Waals surface area contributed by atoms with E-state index in [1.807, 2.05) is 25.1 Å². The normalized spacial score (nSPS) is 19.8. The summed E-state index contributed by atoms with van der Waals surface area (Å²) >= 11 is 0. The Hall–Kier alpha value is -1.96. The maximum atomic E-state index is 12.4. The van der Waals surface area contributed by atoms with Gasteiger partial charge in [0.2, 0.25) is 0 Å². The van der Waals surface area contributed by atoms with Crippen LogP contribution < -0.4 is 15.4 Å². The van der Waals surface area contributed by atoms with Crippen molar-refractivity contribution in [1.82, 2.24) is 15.5 Å². The molecule has 1 aliphatic rings. The van der Waals surface area contributed by atoms with E-state index < -0.39 is 18.8 Å². The fraction of sp³-hybridized carbons (Fsp3) is 0.562. The first-order valence-electron chi connectivity index (χ1n) is 7.77. The molecule has 5 nitrogen and oxygen atoms in total. The zero-order valence-electron chi connectivity index (χ0n) is 13.7. The third kappa shape index (κ3) is 5.30. The van der Waals surface area contributed by atoms with Crippen LogP contribution in [-0.2, 0) is 0 Å². The van der Waals surface area contributed by atoms with Crippen molar-refractivity contribution in [3.8, 4) is 5.75 Å². The number of para-hydroxylation sites is 1. The molecular weight excluding hydrogens is 323 g/mol. The molecule has 1 saturated heterocycles.